The number of rotatable bonds is 1. The molecule has 5 nitrogen and oxygen atoms in total. The summed E-state index contributed by atoms with van der Waals surface area (Å²) in [5, 5.41) is 3.33. The Kier molecular flexibility index (Phi) is 2.03. The van der Waals surface area contributed by atoms with E-state index in [0.29, 0.717) is 0 Å². The lowest BCUT2D eigenvalue weighted by atomic mass is 10.4. The van der Waals surface area contributed by atoms with Crippen LogP contribution in [-0.4, -0.2) is 40.5 Å². The highest BCUT2D eigenvalue weighted by molar-refractivity contribution is 5.49. The van der Waals surface area contributed by atoms with Crippen LogP contribution in [0, 0.1) is 0 Å². The Morgan fingerprint density at radius 3 is 2.93 bits per heavy atom. The lowest BCUT2D eigenvalue weighted by Crippen LogP contribution is -2.43. The van der Waals surface area contributed by atoms with Crippen LogP contribution in [0.2, 0.25) is 0 Å². The molecule has 0 aromatic carbocycles. The standard InChI is InChI=1S/C10H13N5/c1-4-14(5-2-11-1)10-8-15-6-3-12-7-9(15)13-10/h3,6-8,11H,1-2,4-5H2. The molecule has 0 bridgehead atoms. The maximum atomic E-state index is 4.54. The highest BCUT2D eigenvalue weighted by Crippen LogP contribution is 2.13. The SMILES string of the molecule is c1cn2cc(N3CCNCC3)nc2cn1. The van der Waals surface area contributed by atoms with Gasteiger partial charge in [0.05, 0.1) is 12.4 Å². The highest BCUT2D eigenvalue weighted by Gasteiger charge is 2.13. The monoisotopic (exact) mass is 203 g/mol. The van der Waals surface area contributed by atoms with Gasteiger partial charge in [0.15, 0.2) is 5.65 Å². The summed E-state index contributed by atoms with van der Waals surface area (Å²) in [6, 6.07) is 0. The van der Waals surface area contributed by atoms with Gasteiger partial charge >= 0.3 is 0 Å². The Bertz CT molecular complexity index is 425. The average molecular weight is 203 g/mol. The summed E-state index contributed by atoms with van der Waals surface area (Å²) in [5.41, 5.74) is 0.908. The largest absolute Gasteiger partial charge is 0.353 e. The molecule has 1 aliphatic heterocycles. The number of hydrogen-bond acceptors (Lipinski definition) is 4. The molecule has 5 heteroatoms. The second-order valence-corrected chi connectivity index (χ2v) is 3.68. The van der Waals surface area contributed by atoms with Crippen LogP contribution in [0.15, 0.2) is 24.8 Å². The molecule has 3 rings (SSSR count). The second-order valence-electron chi connectivity index (χ2n) is 3.68. The highest BCUT2D eigenvalue weighted by atomic mass is 15.3. The van der Waals surface area contributed by atoms with Gasteiger partial charge in [-0.25, -0.2) is 4.98 Å². The number of anilines is 1. The normalized spacial score (nSPS) is 17.2. The van der Waals surface area contributed by atoms with Crippen LogP contribution >= 0.6 is 0 Å². The summed E-state index contributed by atoms with van der Waals surface area (Å²) in [4.78, 5) is 10.9. The van der Waals surface area contributed by atoms with E-state index in [0.717, 1.165) is 37.6 Å². The molecule has 1 saturated heterocycles. The summed E-state index contributed by atoms with van der Waals surface area (Å²) in [5.74, 6) is 1.05. The van der Waals surface area contributed by atoms with E-state index >= 15 is 0 Å². The second kappa shape index (κ2) is 3.51. The minimum absolute atomic E-state index is 0.908. The lowest BCUT2D eigenvalue weighted by molar-refractivity contribution is 0.586. The molecule has 0 atom stereocenters. The van der Waals surface area contributed by atoms with Crippen LogP contribution in [0.5, 0.6) is 0 Å². The van der Waals surface area contributed by atoms with Crippen LogP contribution < -0.4 is 10.2 Å². The zero-order chi connectivity index (χ0) is 10.1. The maximum absolute atomic E-state index is 4.54. The third-order valence-corrected chi connectivity index (χ3v) is 2.69. The molecular weight excluding hydrogens is 190 g/mol. The van der Waals surface area contributed by atoms with Gasteiger partial charge in [0.1, 0.15) is 5.82 Å². The predicted molar refractivity (Wildman–Crippen MR) is 58.1 cm³/mol. The number of nitrogens with one attached hydrogen (secondary N) is 1. The molecule has 15 heavy (non-hydrogen) atoms. The fraction of sp³-hybridized carbons (Fsp3) is 0.400. The van der Waals surface area contributed by atoms with Crippen molar-refractivity contribution >= 4 is 11.5 Å². The topological polar surface area (TPSA) is 45.5 Å². The number of piperazine rings is 1. The third kappa shape index (κ3) is 1.55. The van der Waals surface area contributed by atoms with Crippen molar-refractivity contribution in [2.75, 3.05) is 31.1 Å². The molecule has 0 saturated carbocycles. The fourth-order valence-corrected chi connectivity index (χ4v) is 1.88. The first-order valence-electron chi connectivity index (χ1n) is 5.18. The molecule has 0 radical (unpaired) electrons. The van der Waals surface area contributed by atoms with Crippen molar-refractivity contribution in [1.29, 1.82) is 0 Å². The molecule has 2 aromatic heterocycles. The van der Waals surface area contributed by atoms with Crippen molar-refractivity contribution in [3.63, 3.8) is 0 Å². The fourth-order valence-electron chi connectivity index (χ4n) is 1.88. The first-order chi connectivity index (χ1) is 7.43. The van der Waals surface area contributed by atoms with Gasteiger partial charge in [-0.05, 0) is 0 Å². The van der Waals surface area contributed by atoms with Crippen LogP contribution in [0.25, 0.3) is 5.65 Å². The summed E-state index contributed by atoms with van der Waals surface area (Å²) in [6.07, 6.45) is 7.54. The van der Waals surface area contributed by atoms with Crippen molar-refractivity contribution in [2.45, 2.75) is 0 Å². The van der Waals surface area contributed by atoms with E-state index in [2.05, 4.69) is 26.4 Å². The Hall–Kier alpha value is -1.62. The van der Waals surface area contributed by atoms with E-state index in [1.807, 2.05) is 10.6 Å². The summed E-state index contributed by atoms with van der Waals surface area (Å²) in [6.45, 7) is 4.12. The first kappa shape index (κ1) is 8.67. The van der Waals surface area contributed by atoms with Gasteiger partial charge in [-0.15, -0.1) is 0 Å². The Morgan fingerprint density at radius 2 is 2.13 bits per heavy atom. The molecule has 0 unspecified atom stereocenters. The minimum Gasteiger partial charge on any atom is -0.353 e. The average Bonchev–Trinajstić information content (AvgIpc) is 2.74. The van der Waals surface area contributed by atoms with E-state index in [-0.39, 0.29) is 0 Å². The summed E-state index contributed by atoms with van der Waals surface area (Å²) >= 11 is 0. The number of nitrogens with zero attached hydrogens (tertiary/aromatic N) is 4. The van der Waals surface area contributed by atoms with E-state index in [4.69, 9.17) is 0 Å². The number of imidazole rings is 1. The van der Waals surface area contributed by atoms with Crippen molar-refractivity contribution in [1.82, 2.24) is 19.7 Å². The smallest absolute Gasteiger partial charge is 0.157 e. The molecule has 0 aliphatic carbocycles. The van der Waals surface area contributed by atoms with Gasteiger partial charge in [0.2, 0.25) is 0 Å². The Morgan fingerprint density at radius 1 is 1.27 bits per heavy atom. The number of fused-ring (bicyclic) bond motifs is 1. The van der Waals surface area contributed by atoms with E-state index in [9.17, 15) is 0 Å². The first-order valence-corrected chi connectivity index (χ1v) is 5.18. The number of aromatic nitrogens is 3. The molecule has 3 heterocycles. The maximum Gasteiger partial charge on any atom is 0.157 e. The molecule has 2 aromatic rings. The van der Waals surface area contributed by atoms with Gasteiger partial charge in [0, 0.05) is 38.6 Å². The summed E-state index contributed by atoms with van der Waals surface area (Å²) < 4.78 is 2.00. The van der Waals surface area contributed by atoms with Gasteiger partial charge in [-0.1, -0.05) is 0 Å². The molecule has 1 N–H and O–H groups in total. The zero-order valence-electron chi connectivity index (χ0n) is 8.43. The molecule has 1 aliphatic rings. The van der Waals surface area contributed by atoms with Crippen molar-refractivity contribution in [2.24, 2.45) is 0 Å². The molecule has 0 amide bonds. The molecular formula is C10H13N5. The van der Waals surface area contributed by atoms with E-state index < -0.39 is 0 Å². The van der Waals surface area contributed by atoms with E-state index in [1.165, 1.54) is 0 Å². The number of hydrogen-bond donors (Lipinski definition) is 1. The minimum atomic E-state index is 0.908. The zero-order valence-corrected chi connectivity index (χ0v) is 8.43. The van der Waals surface area contributed by atoms with Crippen LogP contribution in [0.1, 0.15) is 0 Å². The Labute approximate surface area is 87.8 Å². The molecule has 0 spiro atoms. The molecule has 1 fully saturated rings. The molecule has 78 valence electrons. The van der Waals surface area contributed by atoms with Gasteiger partial charge in [-0.3, -0.25) is 4.98 Å². The predicted octanol–water partition coefficient (Wildman–Crippen LogP) is 0.139. The van der Waals surface area contributed by atoms with Crippen LogP contribution in [0.3, 0.4) is 0 Å². The van der Waals surface area contributed by atoms with Gasteiger partial charge < -0.3 is 14.6 Å². The lowest BCUT2D eigenvalue weighted by Gasteiger charge is -2.26. The van der Waals surface area contributed by atoms with Gasteiger partial charge in [-0.2, -0.15) is 0 Å². The quantitative estimate of drug-likeness (QED) is 0.716. The van der Waals surface area contributed by atoms with E-state index in [1.54, 1.807) is 12.4 Å². The van der Waals surface area contributed by atoms with Crippen LogP contribution in [0.4, 0.5) is 5.82 Å². The van der Waals surface area contributed by atoms with Gasteiger partial charge in [0.25, 0.3) is 0 Å². The third-order valence-electron chi connectivity index (χ3n) is 2.69. The van der Waals surface area contributed by atoms with Crippen LogP contribution in [-0.2, 0) is 0 Å². The van der Waals surface area contributed by atoms with Crippen molar-refractivity contribution in [3.8, 4) is 0 Å². The Balaban J connectivity index is 1.96. The van der Waals surface area contributed by atoms with Crippen molar-refractivity contribution < 1.29 is 0 Å². The summed E-state index contributed by atoms with van der Waals surface area (Å²) in [7, 11) is 0. The van der Waals surface area contributed by atoms with Crippen molar-refractivity contribution in [3.05, 3.63) is 24.8 Å².